The van der Waals surface area contributed by atoms with Crippen LogP contribution in [0.15, 0.2) is 18.2 Å². The molecule has 2 atom stereocenters. The van der Waals surface area contributed by atoms with Gasteiger partial charge in [0.15, 0.2) is 11.5 Å². The van der Waals surface area contributed by atoms with E-state index in [0.717, 1.165) is 0 Å². The quantitative estimate of drug-likeness (QED) is 0.870. The average Bonchev–Trinajstić information content (AvgIpc) is 3.02. The number of ether oxygens (including phenoxy) is 3. The highest BCUT2D eigenvalue weighted by Gasteiger charge is 2.54. The summed E-state index contributed by atoms with van der Waals surface area (Å²) in [6, 6.07) is 5.09. The number of rotatable bonds is 2. The average molecular weight is 333 g/mol. The van der Waals surface area contributed by atoms with Gasteiger partial charge in [-0.2, -0.15) is 0 Å². The zero-order chi connectivity index (χ0) is 16.7. The van der Waals surface area contributed by atoms with Gasteiger partial charge in [0.2, 0.25) is 0 Å². The highest BCUT2D eigenvalue weighted by Crippen LogP contribution is 2.43. The summed E-state index contributed by atoms with van der Waals surface area (Å²) in [7, 11) is 0. The van der Waals surface area contributed by atoms with Crippen LogP contribution in [0.3, 0.4) is 0 Å². The molecule has 0 aromatic heterocycles. The zero-order valence-electron chi connectivity index (χ0n) is 13.2. The number of carboxylic acid groups (broad SMARTS) is 1. The first-order chi connectivity index (χ1) is 11.6. The minimum absolute atomic E-state index is 0.162. The van der Waals surface area contributed by atoms with E-state index in [2.05, 4.69) is 0 Å². The van der Waals surface area contributed by atoms with Gasteiger partial charge in [-0.1, -0.05) is 0 Å². The molecule has 1 N–H and O–H groups in total. The summed E-state index contributed by atoms with van der Waals surface area (Å²) in [4.78, 5) is 26.3. The lowest BCUT2D eigenvalue weighted by Crippen LogP contribution is -2.45. The van der Waals surface area contributed by atoms with Crippen LogP contribution in [0.5, 0.6) is 11.5 Å². The fraction of sp³-hybridized carbons (Fsp3) is 0.529. The Morgan fingerprint density at radius 1 is 1.17 bits per heavy atom. The summed E-state index contributed by atoms with van der Waals surface area (Å²) in [6.45, 7) is 2.39. The highest BCUT2D eigenvalue weighted by molar-refractivity contribution is 5.96. The van der Waals surface area contributed by atoms with E-state index in [1.165, 1.54) is 0 Å². The van der Waals surface area contributed by atoms with Gasteiger partial charge in [0.1, 0.15) is 13.2 Å². The molecule has 3 aliphatic heterocycles. The summed E-state index contributed by atoms with van der Waals surface area (Å²) < 4.78 is 16.4. The smallest absolute Gasteiger partial charge is 0.311 e. The van der Waals surface area contributed by atoms with Crippen molar-refractivity contribution in [2.75, 3.05) is 39.5 Å². The first-order valence-electron chi connectivity index (χ1n) is 8.10. The number of amides is 1. The molecular formula is C17H19NO6. The lowest BCUT2D eigenvalue weighted by molar-refractivity contribution is -0.157. The van der Waals surface area contributed by atoms with Gasteiger partial charge < -0.3 is 24.2 Å². The van der Waals surface area contributed by atoms with Crippen molar-refractivity contribution >= 4 is 11.9 Å². The number of fused-ring (bicyclic) bond motifs is 2. The maximum atomic E-state index is 12.8. The van der Waals surface area contributed by atoms with Crippen LogP contribution in [-0.4, -0.2) is 61.4 Å². The van der Waals surface area contributed by atoms with Crippen LogP contribution in [0.2, 0.25) is 0 Å². The second-order valence-corrected chi connectivity index (χ2v) is 6.53. The molecule has 7 nitrogen and oxygen atoms in total. The van der Waals surface area contributed by atoms with E-state index in [4.69, 9.17) is 14.2 Å². The predicted molar refractivity (Wildman–Crippen MR) is 82.3 cm³/mol. The fourth-order valence-electron chi connectivity index (χ4n) is 3.81. The monoisotopic (exact) mass is 333 g/mol. The second kappa shape index (κ2) is 5.66. The Labute approximate surface area is 139 Å². The van der Waals surface area contributed by atoms with Crippen molar-refractivity contribution in [1.29, 1.82) is 0 Å². The Morgan fingerprint density at radius 2 is 1.96 bits per heavy atom. The van der Waals surface area contributed by atoms with Gasteiger partial charge in [0.05, 0.1) is 12.0 Å². The van der Waals surface area contributed by atoms with Crippen molar-refractivity contribution in [2.45, 2.75) is 6.42 Å². The number of likely N-dealkylation sites (tertiary alicyclic amines) is 1. The number of carbonyl (C=O) groups excluding carboxylic acids is 1. The third-order valence-electron chi connectivity index (χ3n) is 5.21. The van der Waals surface area contributed by atoms with Crippen LogP contribution < -0.4 is 9.47 Å². The molecule has 1 aromatic rings. The third-order valence-corrected chi connectivity index (χ3v) is 5.21. The van der Waals surface area contributed by atoms with Crippen molar-refractivity contribution in [2.24, 2.45) is 11.3 Å². The molecule has 3 heterocycles. The number of hydrogen-bond donors (Lipinski definition) is 1. The molecule has 1 aromatic carbocycles. The molecule has 0 unspecified atom stereocenters. The molecule has 0 aliphatic carbocycles. The van der Waals surface area contributed by atoms with Gasteiger partial charge in [-0.25, -0.2) is 0 Å². The molecule has 0 radical (unpaired) electrons. The second-order valence-electron chi connectivity index (χ2n) is 6.53. The van der Waals surface area contributed by atoms with Crippen molar-refractivity contribution in [3.63, 3.8) is 0 Å². The Kier molecular flexibility index (Phi) is 3.60. The molecule has 2 saturated heterocycles. The summed E-state index contributed by atoms with van der Waals surface area (Å²) in [5, 5.41) is 9.70. The summed E-state index contributed by atoms with van der Waals surface area (Å²) in [5.74, 6) is 0.00322. The minimum Gasteiger partial charge on any atom is -0.486 e. The maximum Gasteiger partial charge on any atom is 0.311 e. The number of carboxylic acids is 1. The highest BCUT2D eigenvalue weighted by atomic mass is 16.6. The van der Waals surface area contributed by atoms with Crippen LogP contribution in [0, 0.1) is 11.3 Å². The van der Waals surface area contributed by atoms with E-state index in [9.17, 15) is 14.7 Å². The van der Waals surface area contributed by atoms with E-state index in [1.54, 1.807) is 23.1 Å². The van der Waals surface area contributed by atoms with E-state index in [1.807, 2.05) is 0 Å². The topological polar surface area (TPSA) is 85.3 Å². The molecule has 1 amide bonds. The SMILES string of the molecule is O=C(c1ccc2c(c1)OCCO2)N1C[C@H]2COCC[C@@]2(C(=O)O)C1. The van der Waals surface area contributed by atoms with E-state index < -0.39 is 11.4 Å². The van der Waals surface area contributed by atoms with Gasteiger partial charge in [-0.15, -0.1) is 0 Å². The molecule has 7 heteroatoms. The van der Waals surface area contributed by atoms with E-state index in [-0.39, 0.29) is 18.4 Å². The predicted octanol–water partition coefficient (Wildman–Crippen LogP) is 1.02. The lowest BCUT2D eigenvalue weighted by Gasteiger charge is -2.33. The molecule has 0 saturated carbocycles. The van der Waals surface area contributed by atoms with Crippen LogP contribution in [-0.2, 0) is 9.53 Å². The first-order valence-corrected chi connectivity index (χ1v) is 8.10. The largest absolute Gasteiger partial charge is 0.486 e. The molecule has 24 heavy (non-hydrogen) atoms. The first kappa shape index (κ1) is 15.3. The number of hydrogen-bond acceptors (Lipinski definition) is 5. The molecule has 3 aliphatic rings. The summed E-state index contributed by atoms with van der Waals surface area (Å²) in [6.07, 6.45) is 0.442. The van der Waals surface area contributed by atoms with Crippen molar-refractivity contribution in [3.05, 3.63) is 23.8 Å². The van der Waals surface area contributed by atoms with Crippen LogP contribution in [0.1, 0.15) is 16.8 Å². The Bertz CT molecular complexity index is 690. The fourth-order valence-corrected chi connectivity index (χ4v) is 3.81. The molecule has 4 rings (SSSR count). The number of benzene rings is 1. The van der Waals surface area contributed by atoms with Gasteiger partial charge in [0, 0.05) is 31.2 Å². The standard InChI is InChI=1S/C17H19NO6/c19-15(11-1-2-13-14(7-11)24-6-5-23-13)18-8-12-9-22-4-3-17(12,10-18)16(20)21/h1-2,7,12H,3-6,8-10H2,(H,20,21)/t12-,17+/m0/s1. The van der Waals surface area contributed by atoms with Gasteiger partial charge in [-0.05, 0) is 24.6 Å². The molecular weight excluding hydrogens is 314 g/mol. The van der Waals surface area contributed by atoms with Crippen LogP contribution >= 0.6 is 0 Å². The zero-order valence-corrected chi connectivity index (χ0v) is 13.2. The van der Waals surface area contributed by atoms with Crippen LogP contribution in [0.25, 0.3) is 0 Å². The van der Waals surface area contributed by atoms with E-state index in [0.29, 0.717) is 56.5 Å². The maximum absolute atomic E-state index is 12.8. The molecule has 128 valence electrons. The molecule has 0 spiro atoms. The molecule has 2 fully saturated rings. The molecule has 0 bridgehead atoms. The van der Waals surface area contributed by atoms with Gasteiger partial charge in [-0.3, -0.25) is 9.59 Å². The van der Waals surface area contributed by atoms with Crippen molar-refractivity contribution < 1.29 is 28.9 Å². The van der Waals surface area contributed by atoms with Crippen LogP contribution in [0.4, 0.5) is 0 Å². The van der Waals surface area contributed by atoms with Crippen molar-refractivity contribution in [3.8, 4) is 11.5 Å². The van der Waals surface area contributed by atoms with Gasteiger partial charge >= 0.3 is 5.97 Å². The Balaban J connectivity index is 1.58. The summed E-state index contributed by atoms with van der Waals surface area (Å²) >= 11 is 0. The number of aliphatic carboxylic acids is 1. The Hall–Kier alpha value is -2.28. The van der Waals surface area contributed by atoms with Crippen molar-refractivity contribution in [1.82, 2.24) is 4.90 Å². The normalized spacial score (nSPS) is 28.3. The summed E-state index contributed by atoms with van der Waals surface area (Å²) in [5.41, 5.74) is -0.402. The minimum atomic E-state index is -0.887. The third kappa shape index (κ3) is 2.31. The van der Waals surface area contributed by atoms with Gasteiger partial charge in [0.25, 0.3) is 5.91 Å². The lowest BCUT2D eigenvalue weighted by atomic mass is 9.74. The Morgan fingerprint density at radius 3 is 2.71 bits per heavy atom. The number of nitrogens with zero attached hydrogens (tertiary/aromatic N) is 1. The number of carbonyl (C=O) groups is 2. The van der Waals surface area contributed by atoms with E-state index >= 15 is 0 Å².